The number of nitrogens with one attached hydrogen (secondary N) is 3. The zero-order chi connectivity index (χ0) is 23.0. The molecule has 8 heteroatoms. The van der Waals surface area contributed by atoms with Gasteiger partial charge in [-0.3, -0.25) is 9.89 Å². The van der Waals surface area contributed by atoms with Crippen LogP contribution in [-0.4, -0.2) is 61.2 Å². The maximum Gasteiger partial charge on any atom is 0.191 e. The summed E-state index contributed by atoms with van der Waals surface area (Å²) >= 11 is 0. The predicted molar refractivity (Wildman–Crippen MR) is 131 cm³/mol. The number of aromatic amines is 1. The normalized spacial score (nSPS) is 16.6. The predicted octanol–water partition coefficient (Wildman–Crippen LogP) is 3.03. The van der Waals surface area contributed by atoms with E-state index in [1.807, 2.05) is 30.5 Å². The molecule has 174 valence electrons. The number of benzene rings is 2. The van der Waals surface area contributed by atoms with Crippen LogP contribution in [0.5, 0.6) is 11.5 Å². The van der Waals surface area contributed by atoms with Crippen molar-refractivity contribution in [2.75, 3.05) is 34.4 Å². The van der Waals surface area contributed by atoms with E-state index >= 15 is 0 Å². The summed E-state index contributed by atoms with van der Waals surface area (Å²) in [5, 5.41) is 6.91. The standard InChI is InChI=1S/C25H32N6O2/c1-26-25(28-15-24-27-14-23(30-24)19-7-5-4-6-8-19)29-20-9-10-31(17-20)16-18-11-21(32-2)13-22(12-18)33-3/h4-8,11-14,20H,9-10,15-17H2,1-3H3,(H,27,30)(H2,26,28,29). The molecule has 0 amide bonds. The smallest absolute Gasteiger partial charge is 0.191 e. The molecule has 0 spiro atoms. The SMILES string of the molecule is CN=C(NCc1ncc(-c2ccccc2)[nH]1)NC1CCN(Cc2cc(OC)cc(OC)c2)C1. The molecule has 1 aliphatic rings. The van der Waals surface area contributed by atoms with E-state index < -0.39 is 0 Å². The Hall–Kier alpha value is -3.52. The van der Waals surface area contributed by atoms with E-state index in [2.05, 4.69) is 54.8 Å². The summed E-state index contributed by atoms with van der Waals surface area (Å²) in [5.74, 6) is 3.28. The van der Waals surface area contributed by atoms with E-state index in [1.165, 1.54) is 5.56 Å². The Morgan fingerprint density at radius 3 is 2.61 bits per heavy atom. The lowest BCUT2D eigenvalue weighted by atomic mass is 10.2. The van der Waals surface area contributed by atoms with Crippen LogP contribution in [0.2, 0.25) is 0 Å². The quantitative estimate of drug-likeness (QED) is 0.363. The van der Waals surface area contributed by atoms with Crippen LogP contribution in [0, 0.1) is 0 Å². The maximum atomic E-state index is 5.40. The molecule has 1 saturated heterocycles. The fourth-order valence-electron chi connectivity index (χ4n) is 4.08. The number of ether oxygens (including phenoxy) is 2. The number of aromatic nitrogens is 2. The summed E-state index contributed by atoms with van der Waals surface area (Å²) in [5.41, 5.74) is 3.32. The van der Waals surface area contributed by atoms with E-state index in [9.17, 15) is 0 Å². The van der Waals surface area contributed by atoms with Crippen molar-refractivity contribution in [1.29, 1.82) is 0 Å². The lowest BCUT2D eigenvalue weighted by Crippen LogP contribution is -2.44. The number of likely N-dealkylation sites (tertiary alicyclic amines) is 1. The molecule has 0 saturated carbocycles. The molecule has 2 heterocycles. The van der Waals surface area contributed by atoms with Gasteiger partial charge in [0.2, 0.25) is 0 Å². The van der Waals surface area contributed by atoms with Gasteiger partial charge >= 0.3 is 0 Å². The number of guanidine groups is 1. The number of hydrogen-bond acceptors (Lipinski definition) is 5. The zero-order valence-corrected chi connectivity index (χ0v) is 19.5. The molecule has 1 aromatic heterocycles. The van der Waals surface area contributed by atoms with Gasteiger partial charge in [-0.15, -0.1) is 0 Å². The Morgan fingerprint density at radius 1 is 1.15 bits per heavy atom. The van der Waals surface area contributed by atoms with Gasteiger partial charge in [0.15, 0.2) is 5.96 Å². The highest BCUT2D eigenvalue weighted by atomic mass is 16.5. The highest BCUT2D eigenvalue weighted by molar-refractivity contribution is 5.80. The van der Waals surface area contributed by atoms with Crippen molar-refractivity contribution >= 4 is 5.96 Å². The van der Waals surface area contributed by atoms with Crippen molar-refractivity contribution < 1.29 is 9.47 Å². The highest BCUT2D eigenvalue weighted by Crippen LogP contribution is 2.24. The van der Waals surface area contributed by atoms with Gasteiger partial charge in [-0.05, 0) is 29.7 Å². The van der Waals surface area contributed by atoms with Crippen LogP contribution >= 0.6 is 0 Å². The van der Waals surface area contributed by atoms with Gasteiger partial charge in [-0.2, -0.15) is 0 Å². The van der Waals surface area contributed by atoms with Crippen molar-refractivity contribution in [2.45, 2.75) is 25.6 Å². The van der Waals surface area contributed by atoms with Crippen molar-refractivity contribution in [3.05, 3.63) is 66.1 Å². The molecule has 8 nitrogen and oxygen atoms in total. The monoisotopic (exact) mass is 448 g/mol. The minimum Gasteiger partial charge on any atom is -0.497 e. The van der Waals surface area contributed by atoms with Gasteiger partial charge in [0.25, 0.3) is 0 Å². The third-order valence-electron chi connectivity index (χ3n) is 5.79. The van der Waals surface area contributed by atoms with E-state index in [4.69, 9.17) is 9.47 Å². The van der Waals surface area contributed by atoms with Gasteiger partial charge in [0, 0.05) is 38.8 Å². The van der Waals surface area contributed by atoms with Gasteiger partial charge in [0.1, 0.15) is 17.3 Å². The number of imidazole rings is 1. The summed E-state index contributed by atoms with van der Waals surface area (Å²) in [6.07, 6.45) is 2.92. The van der Waals surface area contributed by atoms with Gasteiger partial charge in [-0.1, -0.05) is 30.3 Å². The Balaban J connectivity index is 1.27. The van der Waals surface area contributed by atoms with Gasteiger partial charge < -0.3 is 25.1 Å². The third-order valence-corrected chi connectivity index (χ3v) is 5.79. The second-order valence-electron chi connectivity index (χ2n) is 8.12. The Morgan fingerprint density at radius 2 is 1.91 bits per heavy atom. The van der Waals surface area contributed by atoms with Crippen molar-refractivity contribution in [2.24, 2.45) is 4.99 Å². The Bertz CT molecular complexity index is 1040. The van der Waals surface area contributed by atoms with E-state index in [0.717, 1.165) is 60.6 Å². The first-order valence-electron chi connectivity index (χ1n) is 11.2. The maximum absolute atomic E-state index is 5.40. The average molecular weight is 449 g/mol. The third kappa shape index (κ3) is 6.04. The first-order valence-corrected chi connectivity index (χ1v) is 11.2. The summed E-state index contributed by atoms with van der Waals surface area (Å²) in [4.78, 5) is 14.7. The van der Waals surface area contributed by atoms with Crippen LogP contribution < -0.4 is 20.1 Å². The minimum absolute atomic E-state index is 0.334. The van der Waals surface area contributed by atoms with E-state index in [0.29, 0.717) is 12.6 Å². The molecule has 1 fully saturated rings. The molecule has 0 bridgehead atoms. The van der Waals surface area contributed by atoms with Gasteiger partial charge in [0.05, 0.1) is 32.7 Å². The van der Waals surface area contributed by atoms with E-state index in [1.54, 1.807) is 21.3 Å². The molecular formula is C25H32N6O2. The fraction of sp³-hybridized carbons (Fsp3) is 0.360. The van der Waals surface area contributed by atoms with Crippen LogP contribution in [0.25, 0.3) is 11.3 Å². The summed E-state index contributed by atoms with van der Waals surface area (Å²) in [7, 11) is 5.15. The number of rotatable bonds is 8. The number of aliphatic imine (C=N–C) groups is 1. The topological polar surface area (TPSA) is 86.8 Å². The fourth-order valence-corrected chi connectivity index (χ4v) is 4.08. The van der Waals surface area contributed by atoms with Crippen molar-refractivity contribution in [3.63, 3.8) is 0 Å². The molecular weight excluding hydrogens is 416 g/mol. The molecule has 0 aliphatic carbocycles. The molecule has 3 aromatic rings. The Labute approximate surface area is 195 Å². The molecule has 33 heavy (non-hydrogen) atoms. The molecule has 1 unspecified atom stereocenters. The number of H-pyrrole nitrogens is 1. The highest BCUT2D eigenvalue weighted by Gasteiger charge is 2.23. The van der Waals surface area contributed by atoms with Crippen molar-refractivity contribution in [1.82, 2.24) is 25.5 Å². The molecule has 1 atom stereocenters. The summed E-state index contributed by atoms with van der Waals surface area (Å²) in [6.45, 7) is 3.39. The lowest BCUT2D eigenvalue weighted by Gasteiger charge is -2.19. The van der Waals surface area contributed by atoms with Gasteiger partial charge in [-0.25, -0.2) is 4.98 Å². The van der Waals surface area contributed by atoms with Crippen LogP contribution in [0.4, 0.5) is 0 Å². The molecule has 0 radical (unpaired) electrons. The summed E-state index contributed by atoms with van der Waals surface area (Å²) < 4.78 is 10.8. The number of nitrogens with zero attached hydrogens (tertiary/aromatic N) is 3. The largest absolute Gasteiger partial charge is 0.497 e. The average Bonchev–Trinajstić information content (AvgIpc) is 3.51. The second-order valence-corrected chi connectivity index (χ2v) is 8.12. The first kappa shape index (κ1) is 22.7. The second kappa shape index (κ2) is 10.9. The van der Waals surface area contributed by atoms with Crippen LogP contribution in [0.1, 0.15) is 17.8 Å². The molecule has 1 aliphatic heterocycles. The van der Waals surface area contributed by atoms with Crippen LogP contribution in [0.3, 0.4) is 0 Å². The molecule has 3 N–H and O–H groups in total. The first-order chi connectivity index (χ1) is 16.2. The van der Waals surface area contributed by atoms with Crippen LogP contribution in [0.15, 0.2) is 59.7 Å². The molecule has 4 rings (SSSR count). The zero-order valence-electron chi connectivity index (χ0n) is 19.5. The number of methoxy groups -OCH3 is 2. The lowest BCUT2D eigenvalue weighted by molar-refractivity contribution is 0.321. The molecule has 2 aromatic carbocycles. The minimum atomic E-state index is 0.334. The summed E-state index contributed by atoms with van der Waals surface area (Å²) in [6, 6.07) is 16.6. The van der Waals surface area contributed by atoms with Crippen molar-refractivity contribution in [3.8, 4) is 22.8 Å². The van der Waals surface area contributed by atoms with E-state index in [-0.39, 0.29) is 0 Å². The van der Waals surface area contributed by atoms with Crippen LogP contribution in [-0.2, 0) is 13.1 Å². The number of hydrogen-bond donors (Lipinski definition) is 3. The Kier molecular flexibility index (Phi) is 7.47.